The summed E-state index contributed by atoms with van der Waals surface area (Å²) in [6, 6.07) is 5.14. The highest BCUT2D eigenvalue weighted by Gasteiger charge is 2.10. The first-order valence-corrected chi connectivity index (χ1v) is 6.61. The molecule has 0 atom stereocenters. The summed E-state index contributed by atoms with van der Waals surface area (Å²) in [5.74, 6) is -0.0857. The van der Waals surface area contributed by atoms with E-state index < -0.39 is 5.97 Å². The molecule has 5 heteroatoms. The molecule has 0 saturated carbocycles. The van der Waals surface area contributed by atoms with E-state index in [0.717, 1.165) is 11.1 Å². The third-order valence-corrected chi connectivity index (χ3v) is 3.11. The largest absolute Gasteiger partial charge is 0.465 e. The number of esters is 1. The Morgan fingerprint density at radius 2 is 1.94 bits per heavy atom. The minimum atomic E-state index is -0.426. The zero-order valence-corrected chi connectivity index (χ0v) is 11.7. The molecule has 0 aromatic heterocycles. The number of ether oxygens (including phenoxy) is 1. The van der Waals surface area contributed by atoms with E-state index in [1.165, 1.54) is 7.11 Å². The van der Waals surface area contributed by atoms with Crippen LogP contribution >= 0.6 is 27.5 Å². The summed E-state index contributed by atoms with van der Waals surface area (Å²) in [6.07, 6.45) is 0.278. The topological polar surface area (TPSA) is 43.4 Å². The van der Waals surface area contributed by atoms with E-state index in [9.17, 15) is 9.59 Å². The highest BCUT2D eigenvalue weighted by Crippen LogP contribution is 2.14. The predicted octanol–water partition coefficient (Wildman–Crippen LogP) is 2.72. The zero-order chi connectivity index (χ0) is 12.8. The lowest BCUT2D eigenvalue weighted by Gasteiger charge is -2.06. The summed E-state index contributed by atoms with van der Waals surface area (Å²) in [5, 5.41) is 0.297. The quantitative estimate of drug-likeness (QED) is 0.619. The number of benzene rings is 1. The maximum atomic E-state index is 11.4. The van der Waals surface area contributed by atoms with E-state index >= 15 is 0 Å². The first kappa shape index (κ1) is 14.2. The van der Waals surface area contributed by atoms with Crippen molar-refractivity contribution in [2.24, 2.45) is 0 Å². The molecule has 0 unspecified atom stereocenters. The van der Waals surface area contributed by atoms with Crippen LogP contribution in [-0.4, -0.2) is 24.2 Å². The number of hydrogen-bond donors (Lipinski definition) is 0. The van der Waals surface area contributed by atoms with E-state index in [1.54, 1.807) is 12.1 Å². The van der Waals surface area contributed by atoms with E-state index in [1.807, 2.05) is 6.07 Å². The van der Waals surface area contributed by atoms with Crippen molar-refractivity contribution in [2.45, 2.75) is 12.3 Å². The summed E-state index contributed by atoms with van der Waals surface area (Å²) in [4.78, 5) is 22.8. The second kappa shape index (κ2) is 6.77. The molecule has 0 fully saturated rings. The average molecular weight is 320 g/mol. The van der Waals surface area contributed by atoms with Gasteiger partial charge in [0.05, 0.1) is 18.0 Å². The van der Waals surface area contributed by atoms with Crippen LogP contribution in [0.3, 0.4) is 0 Å². The molecular weight excluding hydrogens is 307 g/mol. The number of Topliss-reactive ketones (excluding diaryl/α,β-unsaturated/α-hetero) is 1. The zero-order valence-electron chi connectivity index (χ0n) is 9.33. The second-order valence-corrected chi connectivity index (χ2v) is 4.34. The third-order valence-electron chi connectivity index (χ3n) is 2.18. The molecule has 0 aliphatic rings. The number of rotatable bonds is 5. The molecule has 1 aromatic carbocycles. The first-order chi connectivity index (χ1) is 8.10. The molecule has 3 nitrogen and oxygen atoms in total. The normalized spacial score (nSPS) is 10.1. The lowest BCUT2D eigenvalue weighted by Crippen LogP contribution is -2.07. The highest BCUT2D eigenvalue weighted by molar-refractivity contribution is 9.09. The maximum Gasteiger partial charge on any atom is 0.337 e. The van der Waals surface area contributed by atoms with Gasteiger partial charge in [0.2, 0.25) is 0 Å². The minimum absolute atomic E-state index is 0.0486. The molecule has 0 amide bonds. The van der Waals surface area contributed by atoms with E-state index in [-0.39, 0.29) is 12.2 Å². The van der Waals surface area contributed by atoms with Crippen molar-refractivity contribution in [1.82, 2.24) is 0 Å². The summed E-state index contributed by atoms with van der Waals surface area (Å²) in [5.41, 5.74) is 1.99. The summed E-state index contributed by atoms with van der Waals surface area (Å²) in [7, 11) is 1.32. The van der Waals surface area contributed by atoms with Gasteiger partial charge >= 0.3 is 5.97 Å². The van der Waals surface area contributed by atoms with Gasteiger partial charge in [0.25, 0.3) is 0 Å². The molecule has 0 saturated heterocycles. The first-order valence-electron chi connectivity index (χ1n) is 4.95. The highest BCUT2D eigenvalue weighted by atomic mass is 79.9. The van der Waals surface area contributed by atoms with Crippen LogP contribution in [0.25, 0.3) is 0 Å². The Hall–Kier alpha value is -0.870. The number of alkyl halides is 2. The van der Waals surface area contributed by atoms with Crippen molar-refractivity contribution in [2.75, 3.05) is 12.4 Å². The van der Waals surface area contributed by atoms with Crippen molar-refractivity contribution >= 4 is 39.3 Å². The van der Waals surface area contributed by atoms with Crippen LogP contribution in [0.4, 0.5) is 0 Å². The Labute approximate surface area is 113 Å². The molecule has 17 heavy (non-hydrogen) atoms. The van der Waals surface area contributed by atoms with Crippen LogP contribution in [-0.2, 0) is 21.8 Å². The molecular formula is C12H12BrClO3. The fourth-order valence-electron chi connectivity index (χ4n) is 1.45. The molecule has 0 radical (unpaired) electrons. The molecule has 0 aliphatic carbocycles. The Balaban J connectivity index is 3.05. The molecule has 0 bridgehead atoms. The molecule has 0 N–H and O–H groups in total. The molecule has 1 aromatic rings. The van der Waals surface area contributed by atoms with Gasteiger partial charge in [0, 0.05) is 12.3 Å². The van der Waals surface area contributed by atoms with Gasteiger partial charge in [0.15, 0.2) is 0 Å². The monoisotopic (exact) mass is 318 g/mol. The standard InChI is InChI=1S/C12H12BrClO3/c1-17-12(16)10-3-8(5-11(15)6-13)2-9(4-10)7-14/h2-4H,5-7H2,1H3. The van der Waals surface area contributed by atoms with Gasteiger partial charge < -0.3 is 4.74 Å². The van der Waals surface area contributed by atoms with Gasteiger partial charge in [-0.2, -0.15) is 0 Å². The Kier molecular flexibility index (Phi) is 5.65. The average Bonchev–Trinajstić information content (AvgIpc) is 2.36. The van der Waals surface area contributed by atoms with E-state index in [0.29, 0.717) is 16.8 Å². The minimum Gasteiger partial charge on any atom is -0.465 e. The summed E-state index contributed by atoms with van der Waals surface area (Å²) < 4.78 is 4.65. The number of methoxy groups -OCH3 is 1. The van der Waals surface area contributed by atoms with Crippen LogP contribution in [0.5, 0.6) is 0 Å². The number of hydrogen-bond acceptors (Lipinski definition) is 3. The number of halogens is 2. The van der Waals surface area contributed by atoms with Crippen LogP contribution in [0.2, 0.25) is 0 Å². The molecule has 0 heterocycles. The number of ketones is 1. The fraction of sp³-hybridized carbons (Fsp3) is 0.333. The van der Waals surface area contributed by atoms with Crippen LogP contribution in [0.15, 0.2) is 18.2 Å². The van der Waals surface area contributed by atoms with E-state index in [2.05, 4.69) is 20.7 Å². The molecule has 0 aliphatic heterocycles. The van der Waals surface area contributed by atoms with Gasteiger partial charge in [-0.1, -0.05) is 22.0 Å². The predicted molar refractivity (Wildman–Crippen MR) is 69.8 cm³/mol. The van der Waals surface area contributed by atoms with Crippen LogP contribution in [0, 0.1) is 0 Å². The Morgan fingerprint density at radius 3 is 2.47 bits per heavy atom. The van der Waals surface area contributed by atoms with Gasteiger partial charge in [-0.15, -0.1) is 11.6 Å². The second-order valence-electron chi connectivity index (χ2n) is 3.51. The summed E-state index contributed by atoms with van der Waals surface area (Å²) >= 11 is 8.84. The van der Waals surface area contributed by atoms with Crippen molar-refractivity contribution in [3.8, 4) is 0 Å². The van der Waals surface area contributed by atoms with E-state index in [4.69, 9.17) is 11.6 Å². The molecule has 92 valence electrons. The van der Waals surface area contributed by atoms with Gasteiger partial charge in [-0.25, -0.2) is 4.79 Å². The van der Waals surface area contributed by atoms with Crippen molar-refractivity contribution in [3.05, 3.63) is 34.9 Å². The lowest BCUT2D eigenvalue weighted by atomic mass is 10.0. The van der Waals surface area contributed by atoms with Crippen LogP contribution < -0.4 is 0 Å². The third kappa shape index (κ3) is 4.13. The molecule has 0 spiro atoms. The lowest BCUT2D eigenvalue weighted by molar-refractivity contribution is -0.115. The number of carbonyl (C=O) groups excluding carboxylic acids is 2. The Bertz CT molecular complexity index is 432. The molecule has 1 rings (SSSR count). The van der Waals surface area contributed by atoms with Crippen molar-refractivity contribution in [3.63, 3.8) is 0 Å². The summed E-state index contributed by atoms with van der Waals surface area (Å²) in [6.45, 7) is 0. The Morgan fingerprint density at radius 1 is 1.29 bits per heavy atom. The van der Waals surface area contributed by atoms with Gasteiger partial charge in [-0.05, 0) is 23.3 Å². The van der Waals surface area contributed by atoms with Crippen molar-refractivity contribution in [1.29, 1.82) is 0 Å². The fourth-order valence-corrected chi connectivity index (χ4v) is 1.80. The van der Waals surface area contributed by atoms with Gasteiger partial charge in [0.1, 0.15) is 5.78 Å². The smallest absolute Gasteiger partial charge is 0.337 e. The van der Waals surface area contributed by atoms with Gasteiger partial charge in [-0.3, -0.25) is 4.79 Å². The van der Waals surface area contributed by atoms with Crippen LogP contribution in [0.1, 0.15) is 21.5 Å². The maximum absolute atomic E-state index is 11.4. The SMILES string of the molecule is COC(=O)c1cc(CCl)cc(CC(=O)CBr)c1. The number of carbonyl (C=O) groups is 2. The van der Waals surface area contributed by atoms with Crippen molar-refractivity contribution < 1.29 is 14.3 Å².